The molecule has 0 aliphatic carbocycles. The zero-order chi connectivity index (χ0) is 41.3. The minimum absolute atomic E-state index is 0.376. The Hall–Kier alpha value is -7.69. The van der Waals surface area contributed by atoms with E-state index >= 15 is 0 Å². The number of benzene rings is 4. The summed E-state index contributed by atoms with van der Waals surface area (Å²) >= 11 is 1.65. The number of amides is 1. The number of nitrogen functional groups attached to an aromatic ring is 1. The Balaban J connectivity index is 0.000000146. The van der Waals surface area contributed by atoms with E-state index in [2.05, 4.69) is 46.6 Å². The van der Waals surface area contributed by atoms with Gasteiger partial charge in [-0.1, -0.05) is 42.5 Å². The molecule has 0 bridgehead atoms. The van der Waals surface area contributed by atoms with Gasteiger partial charge in [0.05, 0.1) is 36.7 Å². The largest absolute Gasteiger partial charge is 0.465 e. The molecule has 294 valence electrons. The Kier molecular flexibility index (Phi) is 12.1. The Morgan fingerprint density at radius 1 is 0.644 bits per heavy atom. The molecule has 9 rings (SSSR count). The molecule has 0 atom stereocenters. The Labute approximate surface area is 342 Å². The summed E-state index contributed by atoms with van der Waals surface area (Å²) in [5.41, 5.74) is 9.85. The highest BCUT2D eigenvalue weighted by Gasteiger charge is 2.25. The molecular formula is C43H36N10O5S. The van der Waals surface area contributed by atoms with Gasteiger partial charge in [-0.05, 0) is 85.1 Å². The van der Waals surface area contributed by atoms with Crippen LogP contribution in [0.15, 0.2) is 139 Å². The lowest BCUT2D eigenvalue weighted by Crippen LogP contribution is -2.29. The first-order chi connectivity index (χ1) is 28.8. The first kappa shape index (κ1) is 39.5. The lowest BCUT2D eigenvalue weighted by Gasteiger charge is -2.11. The van der Waals surface area contributed by atoms with Gasteiger partial charge in [0.1, 0.15) is 10.7 Å². The summed E-state index contributed by atoms with van der Waals surface area (Å²) in [5, 5.41) is 16.6. The number of ether oxygens (including phenoxy) is 2. The highest BCUT2D eigenvalue weighted by molar-refractivity contribution is 8.13. The second kappa shape index (κ2) is 18.1. The van der Waals surface area contributed by atoms with Crippen LogP contribution >= 0.6 is 11.8 Å². The van der Waals surface area contributed by atoms with E-state index in [1.165, 1.54) is 38.5 Å². The molecule has 16 heteroatoms. The summed E-state index contributed by atoms with van der Waals surface area (Å²) < 4.78 is 11.3. The first-order valence-corrected chi connectivity index (χ1v) is 19.1. The zero-order valence-electron chi connectivity index (χ0n) is 31.9. The van der Waals surface area contributed by atoms with Gasteiger partial charge in [0, 0.05) is 40.3 Å². The van der Waals surface area contributed by atoms with E-state index in [1.54, 1.807) is 36.3 Å². The fourth-order valence-electron chi connectivity index (χ4n) is 6.11. The van der Waals surface area contributed by atoms with Gasteiger partial charge in [0.2, 0.25) is 0 Å². The monoisotopic (exact) mass is 804 g/mol. The van der Waals surface area contributed by atoms with Gasteiger partial charge in [-0.15, -0.1) is 22.0 Å². The van der Waals surface area contributed by atoms with Crippen LogP contribution in [0.4, 0.5) is 28.7 Å². The molecule has 15 nitrogen and oxygen atoms in total. The maximum absolute atomic E-state index is 11.7. The molecule has 0 radical (unpaired) electrons. The Bertz CT molecular complexity index is 2650. The second-order valence-electron chi connectivity index (χ2n) is 12.5. The summed E-state index contributed by atoms with van der Waals surface area (Å²) in [4.78, 5) is 47.2. The second-order valence-corrected chi connectivity index (χ2v) is 13.3. The number of aromatic nitrogens is 5. The van der Waals surface area contributed by atoms with E-state index in [1.807, 2.05) is 95.1 Å². The predicted molar refractivity (Wildman–Crippen MR) is 228 cm³/mol. The van der Waals surface area contributed by atoms with Crippen molar-refractivity contribution in [3.8, 4) is 28.5 Å². The number of hydrogen-bond acceptors (Lipinski definition) is 14. The number of aliphatic imine (C=N–C) groups is 1. The van der Waals surface area contributed by atoms with E-state index in [4.69, 9.17) is 10.6 Å². The summed E-state index contributed by atoms with van der Waals surface area (Å²) in [6.45, 7) is 0. The topological polar surface area (TPSA) is 201 Å². The number of pyridine rings is 2. The SMILES string of the molecule is COC(=O)c1ccc(-c2nnc3n2-c2cccnc2Nc2ccccc2-3)cc1.COC(=O)c1ccc(C(=O)NN)cc1.CSC1=Nc2cccnc2Nc2ccccc21. The number of fused-ring (bicyclic) bond motifs is 7. The number of carbonyl (C=O) groups excluding carboxylic acids is 3. The Morgan fingerprint density at radius 3 is 1.83 bits per heavy atom. The standard InChI is InChI=1S/C21H15N5O2.C13H11N3S.C9H10N2O3/c1-28-21(27)14-10-8-13(9-11-14)19-24-25-20-15-5-2-3-6-16(15)23-18-17(26(19)20)7-4-12-22-18;1-17-13-9-5-2-3-6-10(9)15-12-11(16-13)7-4-8-14-12;1-14-9(13)7-4-2-6(3-5-7)8(12)11-10/h2-12H,1H3,(H,22,23);2-8H,1H3,(H,14,15);2-5H,10H2,1H3,(H,11,12). The van der Waals surface area contributed by atoms with Gasteiger partial charge in [-0.3, -0.25) is 14.8 Å². The smallest absolute Gasteiger partial charge is 0.337 e. The average molecular weight is 805 g/mol. The molecule has 7 aromatic rings. The molecule has 3 aromatic heterocycles. The first-order valence-electron chi connectivity index (χ1n) is 17.9. The van der Waals surface area contributed by atoms with Crippen LogP contribution in [-0.4, -0.2) is 68.1 Å². The van der Waals surface area contributed by atoms with Crippen molar-refractivity contribution < 1.29 is 23.9 Å². The number of esters is 2. The number of anilines is 4. The number of para-hydroxylation sites is 2. The lowest BCUT2D eigenvalue weighted by atomic mass is 10.1. The van der Waals surface area contributed by atoms with Gasteiger partial charge >= 0.3 is 11.9 Å². The normalized spacial score (nSPS) is 11.4. The van der Waals surface area contributed by atoms with Crippen LogP contribution in [0, 0.1) is 0 Å². The number of carbonyl (C=O) groups is 3. The third-order valence-corrected chi connectivity index (χ3v) is 9.69. The number of hydrazine groups is 1. The van der Waals surface area contributed by atoms with Crippen LogP contribution in [0.25, 0.3) is 28.5 Å². The third kappa shape index (κ3) is 8.53. The van der Waals surface area contributed by atoms with Crippen LogP contribution < -0.4 is 21.9 Å². The number of hydrogen-bond donors (Lipinski definition) is 4. The predicted octanol–water partition coefficient (Wildman–Crippen LogP) is 7.50. The molecule has 5 heterocycles. The molecule has 0 saturated heterocycles. The van der Waals surface area contributed by atoms with Crippen LogP contribution in [-0.2, 0) is 9.47 Å². The van der Waals surface area contributed by atoms with Crippen molar-refractivity contribution in [2.75, 3.05) is 31.1 Å². The molecule has 2 aliphatic rings. The number of thioether (sulfide) groups is 1. The molecule has 5 N–H and O–H groups in total. The molecule has 59 heavy (non-hydrogen) atoms. The molecule has 0 spiro atoms. The van der Waals surface area contributed by atoms with E-state index in [0.717, 1.165) is 61.9 Å². The van der Waals surface area contributed by atoms with Crippen molar-refractivity contribution >= 4 is 63.3 Å². The third-order valence-electron chi connectivity index (χ3n) is 8.99. The van der Waals surface area contributed by atoms with Crippen molar-refractivity contribution in [3.63, 3.8) is 0 Å². The lowest BCUT2D eigenvalue weighted by molar-refractivity contribution is 0.0592. The van der Waals surface area contributed by atoms with Crippen molar-refractivity contribution in [1.29, 1.82) is 0 Å². The average Bonchev–Trinajstić information content (AvgIpc) is 3.59. The number of nitrogens with zero attached hydrogens (tertiary/aromatic N) is 6. The number of rotatable bonds is 4. The molecule has 0 saturated carbocycles. The Morgan fingerprint density at radius 2 is 1.19 bits per heavy atom. The maximum Gasteiger partial charge on any atom is 0.337 e. The van der Waals surface area contributed by atoms with Crippen LogP contribution in [0.2, 0.25) is 0 Å². The summed E-state index contributed by atoms with van der Waals surface area (Å²) in [7, 11) is 2.66. The zero-order valence-corrected chi connectivity index (χ0v) is 32.7. The molecule has 2 aliphatic heterocycles. The maximum atomic E-state index is 11.7. The van der Waals surface area contributed by atoms with E-state index in [9.17, 15) is 14.4 Å². The van der Waals surface area contributed by atoms with Crippen molar-refractivity contribution in [3.05, 3.63) is 156 Å². The van der Waals surface area contributed by atoms with Crippen LogP contribution in [0.1, 0.15) is 36.6 Å². The molecule has 4 aromatic carbocycles. The van der Waals surface area contributed by atoms with Crippen molar-refractivity contribution in [2.45, 2.75) is 0 Å². The van der Waals surface area contributed by atoms with Gasteiger partial charge in [0.25, 0.3) is 5.91 Å². The fraction of sp³-hybridized carbons (Fsp3) is 0.0698. The van der Waals surface area contributed by atoms with Gasteiger partial charge in [-0.25, -0.2) is 30.4 Å². The molecule has 0 unspecified atom stereocenters. The number of nitrogens with two attached hydrogens (primary N) is 1. The number of nitrogens with one attached hydrogen (secondary N) is 3. The summed E-state index contributed by atoms with van der Waals surface area (Å²) in [6.07, 6.45) is 5.56. The minimum atomic E-state index is -0.440. The summed E-state index contributed by atoms with van der Waals surface area (Å²) in [5.74, 6) is 6.64. The van der Waals surface area contributed by atoms with E-state index in [-0.39, 0.29) is 5.97 Å². The quantitative estimate of drug-likeness (QED) is 0.0591. The molecular weight excluding hydrogens is 769 g/mol. The summed E-state index contributed by atoms with van der Waals surface area (Å²) in [6, 6.07) is 36.9. The minimum Gasteiger partial charge on any atom is -0.465 e. The van der Waals surface area contributed by atoms with E-state index < -0.39 is 11.9 Å². The van der Waals surface area contributed by atoms with Gasteiger partial charge < -0.3 is 20.1 Å². The highest BCUT2D eigenvalue weighted by atomic mass is 32.2. The fourth-order valence-corrected chi connectivity index (χ4v) is 6.70. The van der Waals surface area contributed by atoms with Gasteiger partial charge in [-0.2, -0.15) is 0 Å². The van der Waals surface area contributed by atoms with Crippen LogP contribution in [0.5, 0.6) is 0 Å². The molecule has 1 amide bonds. The van der Waals surface area contributed by atoms with Crippen LogP contribution in [0.3, 0.4) is 0 Å². The number of methoxy groups -OCH3 is 2. The van der Waals surface area contributed by atoms with Crippen molar-refractivity contribution in [2.24, 2.45) is 10.8 Å². The van der Waals surface area contributed by atoms with Gasteiger partial charge in [0.15, 0.2) is 23.3 Å². The van der Waals surface area contributed by atoms with E-state index in [0.29, 0.717) is 22.5 Å². The molecule has 0 fully saturated rings. The van der Waals surface area contributed by atoms with Crippen molar-refractivity contribution in [1.82, 2.24) is 30.2 Å². The highest BCUT2D eigenvalue weighted by Crippen LogP contribution is 2.39.